The number of nitrogens with zero attached hydrogens (tertiary/aromatic N) is 2. The minimum atomic E-state index is -2.12. The van der Waals surface area contributed by atoms with Gasteiger partial charge < -0.3 is 4.89 Å². The molecule has 1 unspecified atom stereocenters. The second kappa shape index (κ2) is 7.39. The largest absolute Gasteiger partial charge is 0.406 e. The van der Waals surface area contributed by atoms with Crippen LogP contribution in [0.15, 0.2) is 0 Å². The number of nitriles is 1. The Morgan fingerprint density at radius 1 is 1.38 bits per heavy atom. The topological polar surface area (TPSA) is 62.5 Å². The molecule has 0 aliphatic carbocycles. The van der Waals surface area contributed by atoms with Gasteiger partial charge in [-0.2, -0.15) is 14.0 Å². The van der Waals surface area contributed by atoms with Crippen LogP contribution in [0.4, 0.5) is 0 Å². The van der Waals surface area contributed by atoms with Crippen LogP contribution in [-0.2, 0) is 8.70 Å². The zero-order valence-corrected chi connectivity index (χ0v) is 11.7. The molecule has 0 spiro atoms. The van der Waals surface area contributed by atoms with Gasteiger partial charge in [-0.25, -0.2) is 0 Å². The maximum Gasteiger partial charge on any atom is 0.406 e. The quantitative estimate of drug-likeness (QED) is 0.438. The van der Waals surface area contributed by atoms with E-state index in [2.05, 4.69) is 10.1 Å². The summed E-state index contributed by atoms with van der Waals surface area (Å²) in [5.74, 6) is 0. The van der Waals surface area contributed by atoms with Crippen LogP contribution in [0.3, 0.4) is 0 Å². The van der Waals surface area contributed by atoms with Crippen molar-refractivity contribution in [2.45, 2.75) is 46.2 Å². The van der Waals surface area contributed by atoms with Gasteiger partial charge in [0, 0.05) is 0 Å². The molecule has 5 nitrogen and oxygen atoms in total. The highest BCUT2D eigenvalue weighted by Crippen LogP contribution is 2.41. The van der Waals surface area contributed by atoms with E-state index in [0.717, 1.165) is 0 Å². The lowest BCUT2D eigenvalue weighted by Crippen LogP contribution is -2.56. The van der Waals surface area contributed by atoms with Crippen molar-refractivity contribution in [1.29, 1.82) is 5.26 Å². The third-order valence-electron chi connectivity index (χ3n) is 2.60. The highest BCUT2D eigenvalue weighted by molar-refractivity contribution is 7.41. The summed E-state index contributed by atoms with van der Waals surface area (Å²) in [7, 11) is -2.12. The lowest BCUT2D eigenvalue weighted by Gasteiger charge is -2.41. The van der Waals surface area contributed by atoms with E-state index in [4.69, 9.17) is 21.8 Å². The lowest BCUT2D eigenvalue weighted by molar-refractivity contribution is -1.11. The van der Waals surface area contributed by atoms with Crippen molar-refractivity contribution in [2.24, 2.45) is 0 Å². The first-order valence-corrected chi connectivity index (χ1v) is 6.56. The summed E-state index contributed by atoms with van der Waals surface area (Å²) in [6, 6.07) is 2.27. The third kappa shape index (κ3) is 4.14. The number of hydrogen-bond donors (Lipinski definition) is 1. The minimum absolute atomic E-state index is 0.0947. The van der Waals surface area contributed by atoms with Gasteiger partial charge in [0.2, 0.25) is 0 Å². The van der Waals surface area contributed by atoms with Crippen LogP contribution in [0.25, 0.3) is 0 Å². The Kier molecular flexibility index (Phi) is 7.41. The van der Waals surface area contributed by atoms with Gasteiger partial charge in [0.25, 0.3) is 0 Å². The second-order valence-corrected chi connectivity index (χ2v) is 5.25. The van der Waals surface area contributed by atoms with E-state index in [1.165, 1.54) is 0 Å². The molecule has 0 saturated heterocycles. The van der Waals surface area contributed by atoms with Gasteiger partial charge in [-0.3, -0.25) is 0 Å². The van der Waals surface area contributed by atoms with E-state index in [9.17, 15) is 4.89 Å². The van der Waals surface area contributed by atoms with Crippen LogP contribution >= 0.6 is 20.5 Å². The average molecular weight is 270 g/mol. The van der Waals surface area contributed by atoms with Crippen LogP contribution in [0.5, 0.6) is 0 Å². The molecule has 0 bridgehead atoms. The molecular weight excluding hydrogens is 251 g/mol. The monoisotopic (exact) mass is 269 g/mol. The van der Waals surface area contributed by atoms with Crippen molar-refractivity contribution in [3.63, 3.8) is 0 Å². The molecule has 0 rings (SSSR count). The summed E-state index contributed by atoms with van der Waals surface area (Å²) in [6.07, 6.45) is 0.349. The Balaban J connectivity index is 4.87. The van der Waals surface area contributed by atoms with Gasteiger partial charge in [-0.1, -0.05) is 0 Å². The van der Waals surface area contributed by atoms with Crippen molar-refractivity contribution in [2.75, 3.05) is 6.54 Å². The number of halogens is 1. The number of hydrogen-bond acceptors (Lipinski definition) is 4. The molecular formula is C9H19ClN2O3P+. The molecule has 0 amide bonds. The van der Waals surface area contributed by atoms with E-state index >= 15 is 0 Å². The first-order chi connectivity index (χ1) is 7.40. The Bertz CT molecular complexity index is 237. The highest BCUT2D eigenvalue weighted by atomic mass is 35.5. The van der Waals surface area contributed by atoms with E-state index in [1.54, 1.807) is 0 Å². The molecule has 0 aliphatic heterocycles. The summed E-state index contributed by atoms with van der Waals surface area (Å²) >= 11 is 5.08. The van der Waals surface area contributed by atoms with Crippen molar-refractivity contribution in [3.05, 3.63) is 0 Å². The van der Waals surface area contributed by atoms with Gasteiger partial charge >= 0.3 is 8.60 Å². The molecule has 16 heavy (non-hydrogen) atoms. The summed E-state index contributed by atoms with van der Waals surface area (Å²) in [4.78, 5) is 9.38. The van der Waals surface area contributed by atoms with Crippen molar-refractivity contribution >= 4 is 20.5 Å². The van der Waals surface area contributed by atoms with Gasteiger partial charge in [0.1, 0.15) is 18.6 Å². The van der Waals surface area contributed by atoms with Crippen LogP contribution in [0.2, 0.25) is 0 Å². The van der Waals surface area contributed by atoms with Crippen molar-refractivity contribution < 1.29 is 18.2 Å². The summed E-state index contributed by atoms with van der Waals surface area (Å²) in [5, 5.41) is 8.65. The molecule has 0 aliphatic rings. The van der Waals surface area contributed by atoms with Gasteiger partial charge in [-0.05, 0) is 27.7 Å². The molecule has 0 heterocycles. The molecule has 0 radical (unpaired) electrons. The van der Waals surface area contributed by atoms with Gasteiger partial charge in [0.05, 0.1) is 24.4 Å². The van der Waals surface area contributed by atoms with Crippen LogP contribution in [-0.4, -0.2) is 28.2 Å². The summed E-state index contributed by atoms with van der Waals surface area (Å²) in [6.45, 7) is 8.36. The fraction of sp³-hybridized carbons (Fsp3) is 0.889. The first-order valence-electron chi connectivity index (χ1n) is 5.12. The maximum absolute atomic E-state index is 9.38. The number of quaternary nitrogens is 1. The Morgan fingerprint density at radius 3 is 2.19 bits per heavy atom. The Hall–Kier alpha value is 0.0500. The third-order valence-corrected chi connectivity index (χ3v) is 3.52. The normalized spacial score (nSPS) is 14.2. The predicted molar refractivity (Wildman–Crippen MR) is 62.8 cm³/mol. The van der Waals surface area contributed by atoms with Crippen LogP contribution in [0.1, 0.15) is 34.1 Å². The van der Waals surface area contributed by atoms with Gasteiger partial charge in [0.15, 0.2) is 0 Å². The maximum atomic E-state index is 9.38. The Labute approximate surface area is 103 Å². The smallest absolute Gasteiger partial charge is 0.323 e. The molecule has 0 aromatic carbocycles. The SMILES string of the molecule is CC(C)[N+](CCC#N)(OP(O)OCl)C(C)C. The standard InChI is InChI=1S/C9H19ClN2O3P/c1-8(2)12(9(3)4,7-5-6-11)15-16(13)14-10/h8-9,13H,5,7H2,1-4H3/q+1. The molecule has 0 aromatic rings. The Morgan fingerprint density at radius 2 is 1.88 bits per heavy atom. The lowest BCUT2D eigenvalue weighted by atomic mass is 10.2. The van der Waals surface area contributed by atoms with Crippen molar-refractivity contribution in [1.82, 2.24) is 0 Å². The number of hydroxylamine groups is 3. The molecule has 7 heteroatoms. The molecule has 1 atom stereocenters. The van der Waals surface area contributed by atoms with Crippen LogP contribution < -0.4 is 0 Å². The summed E-state index contributed by atoms with van der Waals surface area (Å²) < 4.78 is 9.88. The number of rotatable bonds is 7. The highest BCUT2D eigenvalue weighted by Gasteiger charge is 2.40. The van der Waals surface area contributed by atoms with Gasteiger partial charge in [-0.15, -0.1) is 4.62 Å². The fourth-order valence-corrected chi connectivity index (χ4v) is 2.53. The average Bonchev–Trinajstić information content (AvgIpc) is 2.22. The van der Waals surface area contributed by atoms with E-state index in [-0.39, 0.29) is 16.7 Å². The van der Waals surface area contributed by atoms with E-state index in [0.29, 0.717) is 13.0 Å². The van der Waals surface area contributed by atoms with E-state index in [1.807, 2.05) is 27.7 Å². The predicted octanol–water partition coefficient (Wildman–Crippen LogP) is 2.85. The molecule has 0 fully saturated rings. The van der Waals surface area contributed by atoms with Crippen LogP contribution in [0, 0.1) is 11.3 Å². The second-order valence-electron chi connectivity index (χ2n) is 4.06. The minimum Gasteiger partial charge on any atom is -0.323 e. The molecule has 0 aromatic heterocycles. The first kappa shape index (κ1) is 16.1. The molecule has 0 saturated carbocycles. The summed E-state index contributed by atoms with van der Waals surface area (Å²) in [5.41, 5.74) is 0. The molecule has 1 N–H and O–H groups in total. The zero-order chi connectivity index (χ0) is 12.8. The molecule has 94 valence electrons. The zero-order valence-electron chi connectivity index (χ0n) is 10.1. The fourth-order valence-electron chi connectivity index (χ4n) is 1.71. The van der Waals surface area contributed by atoms with E-state index < -0.39 is 8.60 Å². The van der Waals surface area contributed by atoms with Crippen molar-refractivity contribution in [3.8, 4) is 6.07 Å².